The van der Waals surface area contributed by atoms with Gasteiger partial charge >= 0.3 is 0 Å². The van der Waals surface area contributed by atoms with Gasteiger partial charge in [0.2, 0.25) is 0 Å². The zero-order chi connectivity index (χ0) is 11.9. The van der Waals surface area contributed by atoms with Crippen LogP contribution < -0.4 is 0 Å². The van der Waals surface area contributed by atoms with Crippen LogP contribution in [-0.4, -0.2) is 22.9 Å². The third-order valence-corrected chi connectivity index (χ3v) is 3.17. The van der Waals surface area contributed by atoms with Crippen molar-refractivity contribution in [2.45, 2.75) is 24.7 Å². The molecule has 86 valence electrons. The molecule has 16 heavy (non-hydrogen) atoms. The number of aromatic amines is 1. The lowest BCUT2D eigenvalue weighted by Gasteiger charge is -1.96. The highest BCUT2D eigenvalue weighted by atomic mass is 32.2. The van der Waals surface area contributed by atoms with Crippen LogP contribution in [0.25, 0.3) is 11.0 Å². The molecule has 2 rings (SSSR count). The van der Waals surface area contributed by atoms with E-state index >= 15 is 0 Å². The van der Waals surface area contributed by atoms with Crippen LogP contribution in [0.4, 0.5) is 0 Å². The zero-order valence-corrected chi connectivity index (χ0v) is 9.75. The van der Waals surface area contributed by atoms with Crippen LogP contribution in [-0.2, 0) is 10.1 Å². The predicted octanol–water partition coefficient (Wildman–Crippen LogP) is 1.93. The first-order valence-corrected chi connectivity index (χ1v) is 6.29. The highest BCUT2D eigenvalue weighted by Gasteiger charge is 2.12. The number of hydrogen-bond donors (Lipinski definition) is 2. The summed E-state index contributed by atoms with van der Waals surface area (Å²) >= 11 is 0. The third kappa shape index (κ3) is 1.94. The summed E-state index contributed by atoms with van der Waals surface area (Å²) in [6.45, 7) is 3.98. The van der Waals surface area contributed by atoms with Gasteiger partial charge in [-0.15, -0.1) is 0 Å². The first kappa shape index (κ1) is 11.1. The maximum Gasteiger partial charge on any atom is 0.294 e. The van der Waals surface area contributed by atoms with E-state index in [2.05, 4.69) is 9.97 Å². The quantitative estimate of drug-likeness (QED) is 0.786. The summed E-state index contributed by atoms with van der Waals surface area (Å²) in [7, 11) is -4.15. The minimum absolute atomic E-state index is 0.126. The van der Waals surface area contributed by atoms with E-state index in [-0.39, 0.29) is 10.8 Å². The Morgan fingerprint density at radius 3 is 2.62 bits per heavy atom. The number of hydrogen-bond acceptors (Lipinski definition) is 3. The van der Waals surface area contributed by atoms with Crippen LogP contribution in [0.5, 0.6) is 0 Å². The SMILES string of the molecule is CC(C)c1nc2ccc(S(=O)(=O)O)cc2[nH]1. The molecule has 1 aromatic heterocycles. The maximum atomic E-state index is 10.9. The summed E-state index contributed by atoms with van der Waals surface area (Å²) in [5.74, 6) is 1.03. The molecule has 0 bridgehead atoms. The Hall–Kier alpha value is -1.40. The van der Waals surface area contributed by atoms with Gasteiger partial charge in [0.15, 0.2) is 0 Å². The summed E-state index contributed by atoms with van der Waals surface area (Å²) in [5, 5.41) is 0. The molecule has 2 N–H and O–H groups in total. The summed E-state index contributed by atoms with van der Waals surface area (Å²) in [5.41, 5.74) is 1.30. The average Bonchev–Trinajstić information content (AvgIpc) is 2.58. The molecule has 0 unspecified atom stereocenters. The van der Waals surface area contributed by atoms with Crippen LogP contribution in [0.2, 0.25) is 0 Å². The monoisotopic (exact) mass is 240 g/mol. The molecule has 6 heteroatoms. The number of nitrogens with zero attached hydrogens (tertiary/aromatic N) is 1. The highest BCUT2D eigenvalue weighted by molar-refractivity contribution is 7.85. The molecule has 2 aromatic rings. The number of rotatable bonds is 2. The lowest BCUT2D eigenvalue weighted by atomic mass is 10.2. The fraction of sp³-hybridized carbons (Fsp3) is 0.300. The zero-order valence-electron chi connectivity index (χ0n) is 8.93. The van der Waals surface area contributed by atoms with Gasteiger partial charge in [0.25, 0.3) is 10.1 Å². The third-order valence-electron chi connectivity index (χ3n) is 2.32. The molecule has 1 aromatic carbocycles. The van der Waals surface area contributed by atoms with E-state index in [4.69, 9.17) is 4.55 Å². The Morgan fingerprint density at radius 1 is 1.38 bits per heavy atom. The normalized spacial score (nSPS) is 12.5. The fourth-order valence-electron chi connectivity index (χ4n) is 1.44. The van der Waals surface area contributed by atoms with Gasteiger partial charge in [0, 0.05) is 5.92 Å². The number of H-pyrrole nitrogens is 1. The lowest BCUT2D eigenvalue weighted by molar-refractivity contribution is 0.483. The molecular formula is C10H12N2O3S. The number of aromatic nitrogens is 2. The Kier molecular flexibility index (Phi) is 2.47. The van der Waals surface area contributed by atoms with Gasteiger partial charge in [-0.05, 0) is 18.2 Å². The van der Waals surface area contributed by atoms with Crippen LogP contribution in [0.15, 0.2) is 23.1 Å². The van der Waals surface area contributed by atoms with Crippen molar-refractivity contribution in [3.05, 3.63) is 24.0 Å². The van der Waals surface area contributed by atoms with Gasteiger partial charge in [-0.2, -0.15) is 8.42 Å². The van der Waals surface area contributed by atoms with Crippen molar-refractivity contribution >= 4 is 21.2 Å². The van der Waals surface area contributed by atoms with Crippen molar-refractivity contribution < 1.29 is 13.0 Å². The van der Waals surface area contributed by atoms with Crippen molar-refractivity contribution in [1.29, 1.82) is 0 Å². The van der Waals surface area contributed by atoms with E-state index in [9.17, 15) is 8.42 Å². The standard InChI is InChI=1S/C10H12N2O3S/c1-6(2)10-11-8-4-3-7(16(13,14)15)5-9(8)12-10/h3-6H,1-2H3,(H,11,12)(H,13,14,15). The molecule has 0 spiro atoms. The van der Waals surface area contributed by atoms with E-state index in [1.165, 1.54) is 12.1 Å². The average molecular weight is 240 g/mol. The molecule has 0 saturated carbocycles. The highest BCUT2D eigenvalue weighted by Crippen LogP contribution is 2.20. The number of benzene rings is 1. The molecule has 0 atom stereocenters. The van der Waals surface area contributed by atoms with E-state index in [1.807, 2.05) is 13.8 Å². The van der Waals surface area contributed by atoms with Crippen LogP contribution >= 0.6 is 0 Å². The molecule has 0 fully saturated rings. The first-order chi connectivity index (χ1) is 7.38. The topological polar surface area (TPSA) is 83.1 Å². The molecule has 0 amide bonds. The van der Waals surface area contributed by atoms with Gasteiger partial charge in [-0.25, -0.2) is 4.98 Å². The van der Waals surface area contributed by atoms with Crippen molar-refractivity contribution in [2.75, 3.05) is 0 Å². The molecular weight excluding hydrogens is 228 g/mol. The Balaban J connectivity index is 2.63. The maximum absolute atomic E-state index is 10.9. The number of nitrogens with one attached hydrogen (secondary N) is 1. The minimum Gasteiger partial charge on any atom is -0.342 e. The fourth-order valence-corrected chi connectivity index (χ4v) is 1.95. The molecule has 0 aliphatic rings. The molecule has 1 heterocycles. The van der Waals surface area contributed by atoms with Crippen LogP contribution in [0.1, 0.15) is 25.6 Å². The summed E-state index contributed by atoms with van der Waals surface area (Å²) in [6, 6.07) is 4.28. The molecule has 0 saturated heterocycles. The summed E-state index contributed by atoms with van der Waals surface area (Å²) in [6.07, 6.45) is 0. The second-order valence-corrected chi connectivity index (χ2v) is 5.35. The van der Waals surface area contributed by atoms with Gasteiger partial charge in [0.05, 0.1) is 15.9 Å². The summed E-state index contributed by atoms with van der Waals surface area (Å²) < 4.78 is 30.8. The second kappa shape index (κ2) is 3.57. The van der Waals surface area contributed by atoms with Crippen LogP contribution in [0.3, 0.4) is 0 Å². The van der Waals surface area contributed by atoms with Gasteiger partial charge in [-0.3, -0.25) is 4.55 Å². The van der Waals surface area contributed by atoms with E-state index in [0.717, 1.165) is 5.82 Å². The smallest absolute Gasteiger partial charge is 0.294 e. The van der Waals surface area contributed by atoms with E-state index in [1.54, 1.807) is 6.07 Å². The molecule has 5 nitrogen and oxygen atoms in total. The minimum atomic E-state index is -4.15. The number of imidazole rings is 1. The van der Waals surface area contributed by atoms with Crippen molar-refractivity contribution in [3.63, 3.8) is 0 Å². The molecule has 0 aliphatic carbocycles. The van der Waals surface area contributed by atoms with Crippen molar-refractivity contribution in [1.82, 2.24) is 9.97 Å². The second-order valence-electron chi connectivity index (χ2n) is 3.93. The Morgan fingerprint density at radius 2 is 2.06 bits per heavy atom. The number of fused-ring (bicyclic) bond motifs is 1. The van der Waals surface area contributed by atoms with E-state index < -0.39 is 10.1 Å². The van der Waals surface area contributed by atoms with Crippen molar-refractivity contribution in [2.24, 2.45) is 0 Å². The molecule has 0 radical (unpaired) electrons. The molecule has 0 aliphatic heterocycles. The van der Waals surface area contributed by atoms with Gasteiger partial charge in [-0.1, -0.05) is 13.8 Å². The first-order valence-electron chi connectivity index (χ1n) is 4.85. The lowest BCUT2D eigenvalue weighted by Crippen LogP contribution is -1.97. The largest absolute Gasteiger partial charge is 0.342 e. The van der Waals surface area contributed by atoms with Crippen molar-refractivity contribution in [3.8, 4) is 0 Å². The summed E-state index contributed by atoms with van der Waals surface area (Å²) in [4.78, 5) is 7.20. The van der Waals surface area contributed by atoms with Crippen LogP contribution in [0, 0.1) is 0 Å². The predicted molar refractivity (Wildman–Crippen MR) is 60.0 cm³/mol. The van der Waals surface area contributed by atoms with Gasteiger partial charge < -0.3 is 4.98 Å². The van der Waals surface area contributed by atoms with E-state index in [0.29, 0.717) is 11.0 Å². The Bertz CT molecular complexity index is 629. The Labute approximate surface area is 93.3 Å². The van der Waals surface area contributed by atoms with Gasteiger partial charge in [0.1, 0.15) is 5.82 Å².